The van der Waals surface area contributed by atoms with E-state index in [-0.39, 0.29) is 28.4 Å². The molecule has 10 atom stereocenters. The number of hydrogen-bond donors (Lipinski definition) is 6. The van der Waals surface area contributed by atoms with Gasteiger partial charge in [0.2, 0.25) is 13.2 Å². The number of halogens is 1. The third-order valence-corrected chi connectivity index (χ3v) is 10.0. The zero-order chi connectivity index (χ0) is 33.8. The number of nitrogen functional groups attached to an aromatic ring is 2. The third kappa shape index (κ3) is 6.30. The number of fused-ring (bicyclic) bond motifs is 2. The lowest BCUT2D eigenvalue weighted by Gasteiger charge is -2.31. The first-order chi connectivity index (χ1) is 22.3. The molecule has 0 aromatic carbocycles. The molecular formula is C22H29FN10O10P2S2. The highest BCUT2D eigenvalue weighted by atomic mass is 32.7. The van der Waals surface area contributed by atoms with E-state index in [1.54, 1.807) is 0 Å². The maximum Gasteiger partial charge on any atom is 0.386 e. The molecule has 0 bridgehead atoms. The number of thiol groups is 2. The fraction of sp³-hybridized carbons (Fsp3) is 0.545. The second-order valence-electron chi connectivity index (χ2n) is 10.7. The summed E-state index contributed by atoms with van der Waals surface area (Å²) in [6.07, 6.45) is -6.01. The number of aromatic nitrogens is 8. The molecule has 6 rings (SSSR count). The van der Waals surface area contributed by atoms with Gasteiger partial charge in [0.1, 0.15) is 41.9 Å². The summed E-state index contributed by atoms with van der Waals surface area (Å²) < 4.78 is 78.6. The van der Waals surface area contributed by atoms with Gasteiger partial charge < -0.3 is 35.3 Å². The molecule has 47 heavy (non-hydrogen) atoms. The molecule has 0 radical (unpaired) electrons. The van der Waals surface area contributed by atoms with Crippen molar-refractivity contribution < 1.29 is 46.4 Å². The van der Waals surface area contributed by atoms with Crippen molar-refractivity contribution in [2.45, 2.75) is 55.6 Å². The van der Waals surface area contributed by atoms with Crippen LogP contribution in [0.2, 0.25) is 0 Å². The molecule has 2 fully saturated rings. The molecule has 0 aliphatic carbocycles. The standard InChI is InChI=1S/C22H29FN10O10P2S2/c1-22(14(42-44(36)46)13(38-2)20(41-22)32-6-28-10-15(24)26-5-27-16(10)32)4-39-45(37,47)43-12-9(23)8(3-34)40-19(12)33-7-29-11-17(33)30-21(25)31-18(11)35/h5-9,12-14,19-20,34,44H,3-4H2,1-2H3,(H,36,46)(H,37,47)(H2,24,26,27)(H3,25,30,31,35)/t8-,9-,12+,13-,14+,19-,20-,22?,45?/m1/s1. The lowest BCUT2D eigenvalue weighted by molar-refractivity contribution is -0.109. The van der Waals surface area contributed by atoms with Crippen LogP contribution in [0.5, 0.6) is 0 Å². The minimum absolute atomic E-state index is 0.0879. The number of aliphatic hydroxyl groups is 1. The van der Waals surface area contributed by atoms with Crippen molar-refractivity contribution in [2.75, 3.05) is 31.8 Å². The second kappa shape index (κ2) is 13.0. The van der Waals surface area contributed by atoms with E-state index in [1.807, 2.05) is 0 Å². The highest BCUT2D eigenvalue weighted by Crippen LogP contribution is 2.58. The monoisotopic (exact) mass is 738 g/mol. The molecule has 0 amide bonds. The Kier molecular flexibility index (Phi) is 9.43. The van der Waals surface area contributed by atoms with Gasteiger partial charge in [-0.3, -0.25) is 32.5 Å². The SMILES string of the molecule is CO[C@H]1[C@H](n2cnc3c(N)ncnc32)OC(C)(COP(=O)(S)O[C@H]2[C@H](F)[C@@H](CO)O[C@H]2n2cnc3c(=O)[nH]c(N)nc32)[C@H]1O[PH](=O)S. The van der Waals surface area contributed by atoms with Gasteiger partial charge in [-0.05, 0) is 6.92 Å². The van der Waals surface area contributed by atoms with Crippen molar-refractivity contribution in [3.05, 3.63) is 29.3 Å². The van der Waals surface area contributed by atoms with E-state index in [4.69, 9.17) is 39.2 Å². The van der Waals surface area contributed by atoms with Gasteiger partial charge in [0.05, 0.1) is 25.9 Å². The summed E-state index contributed by atoms with van der Waals surface area (Å²) in [5, 5.41) is 9.74. The number of aromatic amines is 1. The lowest BCUT2D eigenvalue weighted by Crippen LogP contribution is -2.45. The predicted molar refractivity (Wildman–Crippen MR) is 168 cm³/mol. The molecule has 6 heterocycles. The average Bonchev–Trinajstić information content (AvgIpc) is 3.76. The summed E-state index contributed by atoms with van der Waals surface area (Å²) in [7, 11) is -1.55. The maximum atomic E-state index is 15.6. The third-order valence-electron chi connectivity index (χ3n) is 7.67. The summed E-state index contributed by atoms with van der Waals surface area (Å²) in [5.74, 6) is -0.136. The van der Waals surface area contributed by atoms with Gasteiger partial charge in [-0.25, -0.2) is 28.9 Å². The Labute approximate surface area is 274 Å². The first-order valence-corrected chi connectivity index (χ1v) is 18.9. The average molecular weight is 739 g/mol. The van der Waals surface area contributed by atoms with E-state index in [9.17, 15) is 19.0 Å². The van der Waals surface area contributed by atoms with Crippen molar-refractivity contribution in [1.82, 2.24) is 39.0 Å². The molecule has 6 N–H and O–H groups in total. The zero-order valence-corrected chi connectivity index (χ0v) is 28.0. The van der Waals surface area contributed by atoms with Gasteiger partial charge in [0.25, 0.3) is 5.56 Å². The highest BCUT2D eigenvalue weighted by molar-refractivity contribution is 8.44. The van der Waals surface area contributed by atoms with Crippen LogP contribution in [0.1, 0.15) is 19.4 Å². The quantitative estimate of drug-likeness (QED) is 0.0917. The van der Waals surface area contributed by atoms with Gasteiger partial charge in [-0.15, -0.1) is 0 Å². The van der Waals surface area contributed by atoms with Gasteiger partial charge in [-0.1, -0.05) is 24.5 Å². The number of H-pyrrole nitrogens is 1. The topological polar surface area (TPSA) is 269 Å². The van der Waals surface area contributed by atoms with Crippen molar-refractivity contribution >= 4 is 72.6 Å². The Morgan fingerprint density at radius 3 is 2.55 bits per heavy atom. The number of imidazole rings is 2. The smallest absolute Gasteiger partial charge is 0.386 e. The number of hydrogen-bond acceptors (Lipinski definition) is 17. The van der Waals surface area contributed by atoms with Gasteiger partial charge >= 0.3 is 6.80 Å². The Morgan fingerprint density at radius 1 is 1.17 bits per heavy atom. The minimum Gasteiger partial charge on any atom is -0.394 e. The molecule has 2 saturated heterocycles. The fourth-order valence-corrected chi connectivity index (χ4v) is 7.99. The van der Waals surface area contributed by atoms with Crippen LogP contribution in [0.25, 0.3) is 22.3 Å². The van der Waals surface area contributed by atoms with E-state index in [0.717, 1.165) is 10.9 Å². The number of methoxy groups -OCH3 is 1. The van der Waals surface area contributed by atoms with E-state index in [2.05, 4.69) is 54.4 Å². The molecular weight excluding hydrogens is 709 g/mol. The van der Waals surface area contributed by atoms with Crippen LogP contribution in [-0.2, 0) is 36.9 Å². The maximum absolute atomic E-state index is 15.6. The molecule has 0 spiro atoms. The first-order valence-electron chi connectivity index (χ1n) is 13.6. The minimum atomic E-state index is -4.52. The molecule has 20 nitrogen and oxygen atoms in total. The molecule has 4 aromatic heterocycles. The van der Waals surface area contributed by atoms with Gasteiger partial charge in [-0.2, -0.15) is 4.98 Å². The molecule has 2 aliphatic heterocycles. The number of ether oxygens (including phenoxy) is 3. The van der Waals surface area contributed by atoms with Crippen LogP contribution in [0, 0.1) is 0 Å². The van der Waals surface area contributed by atoms with E-state index >= 15 is 4.39 Å². The van der Waals surface area contributed by atoms with Crippen LogP contribution in [0.15, 0.2) is 23.8 Å². The van der Waals surface area contributed by atoms with Crippen LogP contribution in [-0.4, -0.2) is 101 Å². The van der Waals surface area contributed by atoms with Crippen molar-refractivity contribution in [2.24, 2.45) is 0 Å². The lowest BCUT2D eigenvalue weighted by atomic mass is 9.98. The highest BCUT2D eigenvalue weighted by Gasteiger charge is 2.57. The summed E-state index contributed by atoms with van der Waals surface area (Å²) in [6, 6.07) is 0. The summed E-state index contributed by atoms with van der Waals surface area (Å²) >= 11 is 7.99. The van der Waals surface area contributed by atoms with Crippen molar-refractivity contribution in [3.8, 4) is 0 Å². The Balaban J connectivity index is 1.27. The Morgan fingerprint density at radius 2 is 1.87 bits per heavy atom. The van der Waals surface area contributed by atoms with Crippen molar-refractivity contribution in [1.29, 1.82) is 0 Å². The zero-order valence-electron chi connectivity index (χ0n) is 24.3. The molecule has 4 aromatic rings. The predicted octanol–water partition coefficient (Wildman–Crippen LogP) is 0.799. The van der Waals surface area contributed by atoms with Crippen LogP contribution in [0.3, 0.4) is 0 Å². The van der Waals surface area contributed by atoms with E-state index < -0.39 is 81.4 Å². The van der Waals surface area contributed by atoms with E-state index in [1.165, 1.54) is 31.3 Å². The first kappa shape index (κ1) is 34.2. The van der Waals surface area contributed by atoms with Crippen LogP contribution < -0.4 is 17.0 Å². The Bertz CT molecular complexity index is 1940. The summed E-state index contributed by atoms with van der Waals surface area (Å²) in [4.78, 5) is 35.0. The summed E-state index contributed by atoms with van der Waals surface area (Å²) in [6.45, 7) is -4.37. The van der Waals surface area contributed by atoms with Gasteiger partial charge in [0, 0.05) is 7.11 Å². The number of alkyl halides is 1. The molecule has 3 unspecified atom stereocenters. The number of aliphatic hydroxyl groups excluding tert-OH is 1. The molecule has 256 valence electrons. The Hall–Kier alpha value is -2.69. The normalized spacial score (nSPS) is 31.5. The van der Waals surface area contributed by atoms with E-state index in [0.29, 0.717) is 5.65 Å². The fourth-order valence-electron chi connectivity index (χ4n) is 5.54. The number of nitrogens with zero attached hydrogens (tertiary/aromatic N) is 7. The number of anilines is 2. The van der Waals surface area contributed by atoms with Crippen molar-refractivity contribution in [3.63, 3.8) is 0 Å². The van der Waals surface area contributed by atoms with Crippen LogP contribution >= 0.6 is 38.5 Å². The number of rotatable bonds is 11. The van der Waals surface area contributed by atoms with Gasteiger partial charge in [0.15, 0.2) is 41.3 Å². The van der Waals surface area contributed by atoms with Crippen LogP contribution in [0.4, 0.5) is 16.2 Å². The number of nitrogens with two attached hydrogens (primary N) is 2. The second-order valence-corrected chi connectivity index (χ2v) is 15.4. The summed E-state index contributed by atoms with van der Waals surface area (Å²) in [5.41, 5.74) is 9.72. The molecule has 0 saturated carbocycles. The molecule has 2 aliphatic rings. The number of nitrogens with one attached hydrogen (secondary N) is 1. The largest absolute Gasteiger partial charge is 0.394 e. The molecule has 25 heteroatoms.